The van der Waals surface area contributed by atoms with Crippen molar-refractivity contribution in [2.75, 3.05) is 24.7 Å². The molecule has 1 saturated carbocycles. The number of rotatable bonds is 6. The number of benzene rings is 2. The minimum atomic E-state index is 0.147. The highest BCUT2D eigenvalue weighted by Gasteiger charge is 2.44. The second kappa shape index (κ2) is 9.62. The van der Waals surface area contributed by atoms with Crippen molar-refractivity contribution in [2.24, 2.45) is 5.92 Å². The molecule has 4 rings (SSSR count). The summed E-state index contributed by atoms with van der Waals surface area (Å²) >= 11 is 0. The van der Waals surface area contributed by atoms with Crippen molar-refractivity contribution in [1.29, 1.82) is 0 Å². The third-order valence-electron chi connectivity index (χ3n) is 5.79. The predicted molar refractivity (Wildman–Crippen MR) is 116 cm³/mol. The van der Waals surface area contributed by atoms with Crippen molar-refractivity contribution in [2.45, 2.75) is 37.4 Å². The zero-order valence-electron chi connectivity index (χ0n) is 16.3. The summed E-state index contributed by atoms with van der Waals surface area (Å²) in [5.74, 6) is 4.55. The molecule has 2 fully saturated rings. The molecule has 1 unspecified atom stereocenters. The van der Waals surface area contributed by atoms with Gasteiger partial charge in [-0.15, -0.1) is 0 Å². The molecule has 0 bridgehead atoms. The lowest BCUT2D eigenvalue weighted by Crippen LogP contribution is -2.45. The lowest BCUT2D eigenvalue weighted by atomic mass is 9.84. The van der Waals surface area contributed by atoms with Crippen LogP contribution in [0.1, 0.15) is 42.5 Å². The van der Waals surface area contributed by atoms with Crippen LogP contribution in [0.5, 0.6) is 11.5 Å². The first-order chi connectivity index (χ1) is 13.8. The van der Waals surface area contributed by atoms with E-state index in [1.807, 2.05) is 54.6 Å². The van der Waals surface area contributed by atoms with Gasteiger partial charge in [0.2, 0.25) is 5.78 Å². The first kappa shape index (κ1) is 19.5. The molecular weight excluding hydrogens is 368 g/mol. The van der Waals surface area contributed by atoms with Crippen LogP contribution >= 0.6 is 0 Å². The SMILES string of the molecule is O=C(c1ccc(Oc2ccccc2)cc1)C(C1CCCCC1)[S+]1CCOCC1. The molecule has 0 spiro atoms. The molecule has 3 nitrogen and oxygen atoms in total. The largest absolute Gasteiger partial charge is 0.457 e. The molecule has 0 N–H and O–H groups in total. The zero-order valence-corrected chi connectivity index (χ0v) is 17.2. The van der Waals surface area contributed by atoms with Crippen LogP contribution in [0.2, 0.25) is 0 Å². The molecular formula is C24H29O3S+. The molecule has 1 aliphatic heterocycles. The average molecular weight is 398 g/mol. The van der Waals surface area contributed by atoms with Crippen LogP contribution in [0.15, 0.2) is 54.6 Å². The van der Waals surface area contributed by atoms with Gasteiger partial charge < -0.3 is 9.47 Å². The first-order valence-corrected chi connectivity index (χ1v) is 12.0. The quantitative estimate of drug-likeness (QED) is 0.493. The van der Waals surface area contributed by atoms with E-state index >= 15 is 0 Å². The first-order valence-electron chi connectivity index (χ1n) is 10.4. The van der Waals surface area contributed by atoms with Crippen molar-refractivity contribution in [1.82, 2.24) is 0 Å². The second-order valence-electron chi connectivity index (χ2n) is 7.68. The van der Waals surface area contributed by atoms with Crippen LogP contribution in [-0.4, -0.2) is 35.8 Å². The van der Waals surface area contributed by atoms with Crippen molar-refractivity contribution >= 4 is 16.7 Å². The van der Waals surface area contributed by atoms with Gasteiger partial charge in [0.15, 0.2) is 5.25 Å². The van der Waals surface area contributed by atoms with E-state index in [2.05, 4.69) is 0 Å². The summed E-state index contributed by atoms with van der Waals surface area (Å²) in [5.41, 5.74) is 0.829. The van der Waals surface area contributed by atoms with Crippen molar-refractivity contribution in [3.63, 3.8) is 0 Å². The molecule has 28 heavy (non-hydrogen) atoms. The number of hydrogen-bond donors (Lipinski definition) is 0. The Labute approximate surface area is 170 Å². The van der Waals surface area contributed by atoms with Crippen molar-refractivity contribution in [3.05, 3.63) is 60.2 Å². The highest BCUT2D eigenvalue weighted by Crippen LogP contribution is 2.34. The molecule has 1 atom stereocenters. The Kier molecular flexibility index (Phi) is 6.71. The number of ketones is 1. The lowest BCUT2D eigenvalue weighted by molar-refractivity contribution is 0.0955. The third kappa shape index (κ3) is 4.79. The second-order valence-corrected chi connectivity index (χ2v) is 10.1. The fraction of sp³-hybridized carbons (Fsp3) is 0.458. The van der Waals surface area contributed by atoms with Gasteiger partial charge in [0.25, 0.3) is 0 Å². The lowest BCUT2D eigenvalue weighted by Gasteiger charge is -2.30. The number of para-hydroxylation sites is 1. The molecule has 2 aromatic rings. The van der Waals surface area contributed by atoms with E-state index < -0.39 is 0 Å². The van der Waals surface area contributed by atoms with E-state index in [1.165, 1.54) is 32.1 Å². The topological polar surface area (TPSA) is 35.5 Å². The van der Waals surface area contributed by atoms with E-state index in [-0.39, 0.29) is 16.1 Å². The highest BCUT2D eigenvalue weighted by atomic mass is 32.2. The van der Waals surface area contributed by atoms with E-state index in [0.717, 1.165) is 41.8 Å². The van der Waals surface area contributed by atoms with Gasteiger partial charge in [0, 0.05) is 22.4 Å². The highest BCUT2D eigenvalue weighted by molar-refractivity contribution is 7.98. The summed E-state index contributed by atoms with van der Waals surface area (Å²) in [5, 5.41) is 0.171. The Bertz CT molecular complexity index is 729. The minimum absolute atomic E-state index is 0.147. The van der Waals surface area contributed by atoms with Gasteiger partial charge in [0.05, 0.1) is 13.2 Å². The molecule has 1 aliphatic carbocycles. The minimum Gasteiger partial charge on any atom is -0.457 e. The van der Waals surface area contributed by atoms with Crippen molar-refractivity contribution < 1.29 is 14.3 Å². The Balaban J connectivity index is 1.50. The summed E-state index contributed by atoms with van der Waals surface area (Å²) in [6.45, 7) is 1.62. The Morgan fingerprint density at radius 1 is 0.893 bits per heavy atom. The number of ether oxygens (including phenoxy) is 2. The van der Waals surface area contributed by atoms with Crippen LogP contribution < -0.4 is 4.74 Å². The Hall–Kier alpha value is -1.78. The van der Waals surface area contributed by atoms with E-state index in [9.17, 15) is 4.79 Å². The fourth-order valence-electron chi connectivity index (χ4n) is 4.34. The number of carbonyl (C=O) groups is 1. The predicted octanol–water partition coefficient (Wildman–Crippen LogP) is 5.26. The molecule has 1 saturated heterocycles. The summed E-state index contributed by atoms with van der Waals surface area (Å²) < 4.78 is 11.5. The van der Waals surface area contributed by atoms with E-state index in [1.54, 1.807) is 0 Å². The molecule has 148 valence electrons. The van der Waals surface area contributed by atoms with Gasteiger partial charge in [-0.1, -0.05) is 37.5 Å². The van der Waals surface area contributed by atoms with Crippen LogP contribution in [0, 0.1) is 5.92 Å². The van der Waals surface area contributed by atoms with E-state index in [4.69, 9.17) is 9.47 Å². The maximum absolute atomic E-state index is 13.5. The summed E-state index contributed by atoms with van der Waals surface area (Å²) in [6, 6.07) is 17.5. The van der Waals surface area contributed by atoms with Crippen LogP contribution in [0.4, 0.5) is 0 Å². The van der Waals surface area contributed by atoms with Crippen molar-refractivity contribution in [3.8, 4) is 11.5 Å². The standard InChI is InChI=1S/C24H29O3S/c25-23(19-11-13-22(14-12-19)27-21-9-5-2-6-10-21)24(20-7-3-1-4-8-20)28-17-15-26-16-18-28/h2,5-6,9-14,20,24H,1,3-4,7-8,15-18H2/q+1. The maximum atomic E-state index is 13.5. The van der Waals surface area contributed by atoms with Gasteiger partial charge in [-0.2, -0.15) is 0 Å². The molecule has 1 heterocycles. The van der Waals surface area contributed by atoms with Crippen LogP contribution in [0.3, 0.4) is 0 Å². The average Bonchev–Trinajstić information content (AvgIpc) is 2.77. The normalized spacial score (nSPS) is 19.9. The summed E-state index contributed by atoms with van der Waals surface area (Å²) in [7, 11) is 0.147. The van der Waals surface area contributed by atoms with Gasteiger partial charge >= 0.3 is 0 Å². The molecule has 4 heteroatoms. The van der Waals surface area contributed by atoms with Gasteiger partial charge in [-0.3, -0.25) is 4.79 Å². The van der Waals surface area contributed by atoms with E-state index in [0.29, 0.717) is 11.7 Å². The number of hydrogen-bond acceptors (Lipinski definition) is 3. The fourth-order valence-corrected chi connectivity index (χ4v) is 6.97. The summed E-state index contributed by atoms with van der Waals surface area (Å²) in [4.78, 5) is 13.5. The molecule has 0 aromatic heterocycles. The third-order valence-corrected chi connectivity index (χ3v) is 8.49. The maximum Gasteiger partial charge on any atom is 0.215 e. The Morgan fingerprint density at radius 3 is 2.21 bits per heavy atom. The van der Waals surface area contributed by atoms with Gasteiger partial charge in [-0.05, 0) is 49.2 Å². The number of carbonyl (C=O) groups excluding carboxylic acids is 1. The summed E-state index contributed by atoms with van der Waals surface area (Å²) in [6.07, 6.45) is 6.27. The molecule has 2 aliphatic rings. The number of Topliss-reactive ketones (excluding diaryl/α,β-unsaturated/α-hetero) is 1. The zero-order chi connectivity index (χ0) is 19.2. The molecule has 0 amide bonds. The van der Waals surface area contributed by atoms with Crippen LogP contribution in [0.25, 0.3) is 0 Å². The monoisotopic (exact) mass is 397 g/mol. The van der Waals surface area contributed by atoms with Gasteiger partial charge in [-0.25, -0.2) is 0 Å². The molecule has 0 radical (unpaired) electrons. The van der Waals surface area contributed by atoms with Gasteiger partial charge in [0.1, 0.15) is 23.0 Å². The Morgan fingerprint density at radius 2 is 1.54 bits per heavy atom. The van der Waals surface area contributed by atoms with Crippen LogP contribution in [-0.2, 0) is 15.6 Å². The smallest absolute Gasteiger partial charge is 0.215 e. The molecule has 2 aromatic carbocycles.